The van der Waals surface area contributed by atoms with Gasteiger partial charge < -0.3 is 9.84 Å². The molecule has 0 heterocycles. The SMILES string of the molecule is CC(CCC[C@@H](C)[C@H]1CC[C@H]2[C@@H]3CCC4CCCC[C@]4(C)[C@H]3CC[C@]12C)COc1ccccc1C(=O)O. The first-order valence-electron chi connectivity index (χ1n) is 15.7. The first-order chi connectivity index (χ1) is 17.7. The van der Waals surface area contributed by atoms with Gasteiger partial charge in [0.05, 0.1) is 6.61 Å². The molecule has 0 aliphatic heterocycles. The van der Waals surface area contributed by atoms with Crippen molar-refractivity contribution in [3.8, 4) is 5.75 Å². The molecule has 1 aromatic rings. The van der Waals surface area contributed by atoms with E-state index in [0.717, 1.165) is 41.9 Å². The van der Waals surface area contributed by atoms with Crippen LogP contribution >= 0.6 is 0 Å². The summed E-state index contributed by atoms with van der Waals surface area (Å²) >= 11 is 0. The van der Waals surface area contributed by atoms with Gasteiger partial charge in [0, 0.05) is 0 Å². The lowest BCUT2D eigenvalue weighted by Crippen LogP contribution is -2.53. The smallest absolute Gasteiger partial charge is 0.339 e. The largest absolute Gasteiger partial charge is 0.492 e. The van der Waals surface area contributed by atoms with Crippen molar-refractivity contribution >= 4 is 5.97 Å². The van der Waals surface area contributed by atoms with Crippen molar-refractivity contribution in [2.45, 2.75) is 111 Å². The van der Waals surface area contributed by atoms with Crippen molar-refractivity contribution in [2.75, 3.05) is 6.61 Å². The number of benzene rings is 1. The molecule has 4 aliphatic rings. The molecule has 206 valence electrons. The minimum atomic E-state index is -0.921. The van der Waals surface area contributed by atoms with E-state index >= 15 is 0 Å². The van der Waals surface area contributed by atoms with Crippen LogP contribution in [0, 0.1) is 52.3 Å². The minimum Gasteiger partial charge on any atom is -0.492 e. The fourth-order valence-corrected chi connectivity index (χ4v) is 10.3. The van der Waals surface area contributed by atoms with E-state index in [0.29, 0.717) is 29.1 Å². The third-order valence-corrected chi connectivity index (χ3v) is 12.3. The minimum absolute atomic E-state index is 0.257. The number of carboxylic acid groups (broad SMARTS) is 1. The average molecular weight is 509 g/mol. The summed E-state index contributed by atoms with van der Waals surface area (Å²) < 4.78 is 5.92. The Morgan fingerprint density at radius 1 is 0.946 bits per heavy atom. The van der Waals surface area contributed by atoms with E-state index in [1.807, 2.05) is 6.07 Å². The van der Waals surface area contributed by atoms with Crippen LogP contribution in [0.5, 0.6) is 5.75 Å². The molecule has 3 heteroatoms. The van der Waals surface area contributed by atoms with E-state index in [4.69, 9.17) is 4.74 Å². The number of fused-ring (bicyclic) bond motifs is 5. The van der Waals surface area contributed by atoms with Crippen LogP contribution in [-0.4, -0.2) is 17.7 Å². The van der Waals surface area contributed by atoms with Crippen molar-refractivity contribution in [1.82, 2.24) is 0 Å². The van der Waals surface area contributed by atoms with Gasteiger partial charge in [0.1, 0.15) is 11.3 Å². The maximum absolute atomic E-state index is 11.4. The summed E-state index contributed by atoms with van der Waals surface area (Å²) in [5.41, 5.74) is 1.47. The number of para-hydroxylation sites is 1. The third kappa shape index (κ3) is 5.10. The van der Waals surface area contributed by atoms with Crippen molar-refractivity contribution in [2.24, 2.45) is 52.3 Å². The molecule has 0 bridgehead atoms. The van der Waals surface area contributed by atoms with Crippen LogP contribution < -0.4 is 4.74 Å². The quantitative estimate of drug-likeness (QED) is 0.361. The predicted octanol–water partition coefficient (Wildman–Crippen LogP) is 9.26. The maximum atomic E-state index is 11.4. The molecule has 0 aromatic heterocycles. The second-order valence-corrected chi connectivity index (χ2v) is 14.3. The molecular weight excluding hydrogens is 456 g/mol. The summed E-state index contributed by atoms with van der Waals surface area (Å²) in [6, 6.07) is 6.99. The Kier molecular flexibility index (Phi) is 8.00. The zero-order chi connectivity index (χ0) is 26.2. The van der Waals surface area contributed by atoms with Crippen molar-refractivity contribution in [3.63, 3.8) is 0 Å². The Balaban J connectivity index is 1.12. The lowest BCUT2D eigenvalue weighted by atomic mass is 9.44. The van der Waals surface area contributed by atoms with Crippen LogP contribution in [0.4, 0.5) is 0 Å². The lowest BCUT2D eigenvalue weighted by molar-refractivity contribution is -0.114. The topological polar surface area (TPSA) is 46.5 Å². The van der Waals surface area contributed by atoms with Crippen molar-refractivity contribution in [1.29, 1.82) is 0 Å². The van der Waals surface area contributed by atoms with E-state index in [1.165, 1.54) is 77.0 Å². The fraction of sp³-hybridized carbons (Fsp3) is 0.794. The Morgan fingerprint density at radius 3 is 2.54 bits per heavy atom. The summed E-state index contributed by atoms with van der Waals surface area (Å²) in [5.74, 6) is 5.70. The van der Waals surface area contributed by atoms with Crippen molar-refractivity contribution in [3.05, 3.63) is 29.8 Å². The second-order valence-electron chi connectivity index (χ2n) is 14.3. The van der Waals surface area contributed by atoms with E-state index in [-0.39, 0.29) is 5.56 Å². The van der Waals surface area contributed by atoms with Crippen LogP contribution in [-0.2, 0) is 0 Å². The number of hydrogen-bond acceptors (Lipinski definition) is 2. The lowest BCUT2D eigenvalue weighted by Gasteiger charge is -2.61. The number of carboxylic acids is 1. The molecule has 1 N–H and O–H groups in total. The number of aromatic carboxylic acids is 1. The fourth-order valence-electron chi connectivity index (χ4n) is 10.3. The molecule has 5 rings (SSSR count). The van der Waals surface area contributed by atoms with Crippen LogP contribution in [0.1, 0.15) is 122 Å². The Bertz CT molecular complexity index is 941. The highest BCUT2D eigenvalue weighted by Gasteiger charge is 2.60. The molecule has 0 amide bonds. The highest BCUT2D eigenvalue weighted by atomic mass is 16.5. The Morgan fingerprint density at radius 2 is 1.73 bits per heavy atom. The van der Waals surface area contributed by atoms with Gasteiger partial charge >= 0.3 is 5.97 Å². The molecular formula is C34H52O3. The van der Waals surface area contributed by atoms with Gasteiger partial charge in [-0.05, 0) is 122 Å². The molecule has 9 atom stereocenters. The van der Waals surface area contributed by atoms with E-state index in [1.54, 1.807) is 18.2 Å². The first kappa shape index (κ1) is 27.1. The predicted molar refractivity (Wildman–Crippen MR) is 151 cm³/mol. The average Bonchev–Trinajstić information content (AvgIpc) is 3.24. The molecule has 4 aliphatic carbocycles. The van der Waals surface area contributed by atoms with Gasteiger partial charge in [0.2, 0.25) is 0 Å². The summed E-state index contributed by atoms with van der Waals surface area (Å²) in [7, 11) is 0. The third-order valence-electron chi connectivity index (χ3n) is 12.3. The van der Waals surface area contributed by atoms with Gasteiger partial charge in [-0.15, -0.1) is 0 Å². The van der Waals surface area contributed by atoms with Gasteiger partial charge in [0.15, 0.2) is 0 Å². The molecule has 0 spiro atoms. The number of rotatable bonds is 9. The van der Waals surface area contributed by atoms with Crippen LogP contribution in [0.25, 0.3) is 0 Å². The highest BCUT2D eigenvalue weighted by molar-refractivity contribution is 5.90. The van der Waals surface area contributed by atoms with E-state index in [2.05, 4.69) is 27.7 Å². The van der Waals surface area contributed by atoms with Crippen LogP contribution in [0.3, 0.4) is 0 Å². The summed E-state index contributed by atoms with van der Waals surface area (Å²) in [5, 5.41) is 9.39. The first-order valence-corrected chi connectivity index (χ1v) is 15.7. The van der Waals surface area contributed by atoms with Crippen LogP contribution in [0.2, 0.25) is 0 Å². The van der Waals surface area contributed by atoms with Crippen molar-refractivity contribution < 1.29 is 14.6 Å². The van der Waals surface area contributed by atoms with Gasteiger partial charge in [-0.25, -0.2) is 4.79 Å². The molecule has 4 saturated carbocycles. The Hall–Kier alpha value is -1.51. The zero-order valence-corrected chi connectivity index (χ0v) is 24.0. The normalized spacial score (nSPS) is 38.6. The van der Waals surface area contributed by atoms with Gasteiger partial charge in [-0.1, -0.05) is 65.5 Å². The summed E-state index contributed by atoms with van der Waals surface area (Å²) in [4.78, 5) is 11.4. The highest BCUT2D eigenvalue weighted by Crippen LogP contribution is 2.68. The van der Waals surface area contributed by atoms with E-state index in [9.17, 15) is 9.90 Å². The number of ether oxygens (including phenoxy) is 1. The number of hydrogen-bond donors (Lipinski definition) is 1. The molecule has 37 heavy (non-hydrogen) atoms. The Labute approximate surface area is 226 Å². The van der Waals surface area contributed by atoms with Gasteiger partial charge in [0.25, 0.3) is 0 Å². The maximum Gasteiger partial charge on any atom is 0.339 e. The standard InChI is InChI=1S/C34H52O3/c1-23(22-37-31-14-6-5-13-27(31)32(35)36)10-9-11-24(2)28-17-18-29-26-16-15-25-12-7-8-20-33(25,3)30(26)19-21-34(28,29)4/h5-6,13-14,23-26,28-30H,7-12,15-22H2,1-4H3,(H,35,36)/t23?,24-,25?,26+,28-,29+,30+,33+,34-/m1/s1. The molecule has 3 nitrogen and oxygen atoms in total. The molecule has 1 aromatic carbocycles. The summed E-state index contributed by atoms with van der Waals surface area (Å²) in [6.45, 7) is 10.8. The van der Waals surface area contributed by atoms with Crippen LogP contribution in [0.15, 0.2) is 24.3 Å². The second kappa shape index (κ2) is 10.9. The monoisotopic (exact) mass is 508 g/mol. The van der Waals surface area contributed by atoms with E-state index < -0.39 is 5.97 Å². The zero-order valence-electron chi connectivity index (χ0n) is 24.0. The molecule has 2 unspecified atom stereocenters. The molecule has 4 fully saturated rings. The molecule has 0 saturated heterocycles. The van der Waals surface area contributed by atoms with Gasteiger partial charge in [-0.3, -0.25) is 0 Å². The van der Waals surface area contributed by atoms with Gasteiger partial charge in [-0.2, -0.15) is 0 Å². The summed E-state index contributed by atoms with van der Waals surface area (Å²) in [6.07, 6.45) is 18.6. The number of carbonyl (C=O) groups is 1. The molecule has 0 radical (unpaired) electrons.